The maximum atomic E-state index is 12.1. The Morgan fingerprint density at radius 2 is 2.14 bits per heavy atom. The smallest absolute Gasteiger partial charge is 0.221 e. The van der Waals surface area contributed by atoms with Crippen LogP contribution in [0.15, 0.2) is 47.1 Å². The fourth-order valence-corrected chi connectivity index (χ4v) is 3.00. The Bertz CT molecular complexity index is 607. The van der Waals surface area contributed by atoms with E-state index in [1.165, 1.54) is 11.1 Å². The van der Waals surface area contributed by atoms with Crippen LogP contribution in [0.4, 0.5) is 0 Å². The Hall–Kier alpha value is -2.07. The number of furan rings is 1. The van der Waals surface area contributed by atoms with Crippen LogP contribution in [0, 0.1) is 0 Å². The average Bonchev–Trinajstić information content (AvgIpc) is 3.05. The first kappa shape index (κ1) is 14.9. The molecule has 1 aromatic heterocycles. The molecule has 0 bridgehead atoms. The maximum absolute atomic E-state index is 12.1. The largest absolute Gasteiger partial charge is 0.468 e. The number of hydrogen-bond acceptors (Lipinski definition) is 3. The van der Waals surface area contributed by atoms with Gasteiger partial charge in [0, 0.05) is 13.0 Å². The summed E-state index contributed by atoms with van der Waals surface area (Å²) in [5, 5.41) is 6.39. The highest BCUT2D eigenvalue weighted by molar-refractivity contribution is 5.76. The number of rotatable bonds is 6. The first-order chi connectivity index (χ1) is 10.8. The lowest BCUT2D eigenvalue weighted by Crippen LogP contribution is -2.32. The lowest BCUT2D eigenvalue weighted by atomic mass is 9.88. The van der Waals surface area contributed by atoms with Crippen molar-refractivity contribution in [3.8, 4) is 0 Å². The van der Waals surface area contributed by atoms with Gasteiger partial charge in [-0.15, -0.1) is 0 Å². The van der Waals surface area contributed by atoms with Crippen LogP contribution in [0.1, 0.15) is 42.2 Å². The van der Waals surface area contributed by atoms with Crippen LogP contribution in [-0.2, 0) is 17.8 Å². The molecule has 3 rings (SSSR count). The molecule has 1 atom stereocenters. The van der Waals surface area contributed by atoms with E-state index in [-0.39, 0.29) is 11.9 Å². The monoisotopic (exact) mass is 298 g/mol. The van der Waals surface area contributed by atoms with E-state index >= 15 is 0 Å². The van der Waals surface area contributed by atoms with Crippen molar-refractivity contribution in [2.75, 3.05) is 6.54 Å². The lowest BCUT2D eigenvalue weighted by Gasteiger charge is -2.26. The third-order valence-corrected chi connectivity index (χ3v) is 4.11. The fourth-order valence-electron chi connectivity index (χ4n) is 3.00. The summed E-state index contributed by atoms with van der Waals surface area (Å²) in [6.45, 7) is 1.31. The summed E-state index contributed by atoms with van der Waals surface area (Å²) in [6.07, 6.45) is 5.43. The number of aryl methyl sites for hydroxylation is 1. The molecule has 0 radical (unpaired) electrons. The van der Waals surface area contributed by atoms with Crippen molar-refractivity contribution >= 4 is 5.91 Å². The van der Waals surface area contributed by atoms with Gasteiger partial charge in [-0.2, -0.15) is 0 Å². The van der Waals surface area contributed by atoms with Crippen molar-refractivity contribution in [2.24, 2.45) is 0 Å². The van der Waals surface area contributed by atoms with Gasteiger partial charge in [-0.1, -0.05) is 24.3 Å². The molecule has 116 valence electrons. The van der Waals surface area contributed by atoms with E-state index in [4.69, 9.17) is 4.42 Å². The molecule has 22 heavy (non-hydrogen) atoms. The topological polar surface area (TPSA) is 54.3 Å². The normalized spacial score (nSPS) is 17.0. The SMILES string of the molecule is O=C(CCNCc1ccco1)NC1CCCc2ccccc21. The van der Waals surface area contributed by atoms with Crippen molar-refractivity contribution in [1.29, 1.82) is 0 Å². The van der Waals surface area contributed by atoms with Gasteiger partial charge >= 0.3 is 0 Å². The zero-order chi connectivity index (χ0) is 15.2. The van der Waals surface area contributed by atoms with E-state index < -0.39 is 0 Å². The number of fused-ring (bicyclic) bond motifs is 1. The Labute approximate surface area is 130 Å². The third kappa shape index (κ3) is 3.77. The molecule has 0 spiro atoms. The van der Waals surface area contributed by atoms with E-state index in [9.17, 15) is 4.79 Å². The van der Waals surface area contributed by atoms with Crippen LogP contribution in [0.5, 0.6) is 0 Å². The standard InChI is InChI=1S/C18H22N2O2/c21-18(10-11-19-13-15-7-4-12-22-15)20-17-9-3-6-14-5-1-2-8-16(14)17/h1-2,4-5,7-8,12,17,19H,3,6,9-11,13H2,(H,20,21). The highest BCUT2D eigenvalue weighted by atomic mass is 16.3. The quantitative estimate of drug-likeness (QED) is 0.806. The van der Waals surface area contributed by atoms with Gasteiger partial charge in [-0.05, 0) is 42.5 Å². The number of carbonyl (C=O) groups excluding carboxylic acids is 1. The Kier molecular flexibility index (Phi) is 4.91. The second-order valence-corrected chi connectivity index (χ2v) is 5.72. The number of benzene rings is 1. The molecular weight excluding hydrogens is 276 g/mol. The minimum Gasteiger partial charge on any atom is -0.468 e. The molecule has 4 nitrogen and oxygen atoms in total. The molecule has 0 aliphatic heterocycles. The molecule has 2 N–H and O–H groups in total. The maximum Gasteiger partial charge on any atom is 0.221 e. The molecule has 1 amide bonds. The molecule has 1 aliphatic rings. The van der Waals surface area contributed by atoms with Crippen LogP contribution in [0.2, 0.25) is 0 Å². The van der Waals surface area contributed by atoms with Gasteiger partial charge in [0.2, 0.25) is 5.91 Å². The Balaban J connectivity index is 1.44. The van der Waals surface area contributed by atoms with E-state index in [0.29, 0.717) is 19.5 Å². The highest BCUT2D eigenvalue weighted by Crippen LogP contribution is 2.29. The molecule has 0 saturated carbocycles. The molecule has 4 heteroatoms. The fraction of sp³-hybridized carbons (Fsp3) is 0.389. The first-order valence-electron chi connectivity index (χ1n) is 7.93. The third-order valence-electron chi connectivity index (χ3n) is 4.11. The van der Waals surface area contributed by atoms with Crippen LogP contribution in [-0.4, -0.2) is 12.5 Å². The van der Waals surface area contributed by atoms with E-state index in [1.54, 1.807) is 6.26 Å². The van der Waals surface area contributed by atoms with Gasteiger partial charge in [-0.3, -0.25) is 4.79 Å². The van der Waals surface area contributed by atoms with E-state index in [0.717, 1.165) is 25.0 Å². The van der Waals surface area contributed by atoms with Crippen molar-refractivity contribution in [1.82, 2.24) is 10.6 Å². The zero-order valence-corrected chi connectivity index (χ0v) is 12.7. The molecule has 1 aromatic carbocycles. The van der Waals surface area contributed by atoms with E-state index in [2.05, 4.69) is 28.8 Å². The molecule has 1 heterocycles. The van der Waals surface area contributed by atoms with E-state index in [1.807, 2.05) is 18.2 Å². The summed E-state index contributed by atoms with van der Waals surface area (Å²) in [7, 11) is 0. The second kappa shape index (κ2) is 7.27. The number of amides is 1. The molecule has 1 aliphatic carbocycles. The predicted molar refractivity (Wildman–Crippen MR) is 85.3 cm³/mol. The van der Waals surface area contributed by atoms with Crippen molar-refractivity contribution in [2.45, 2.75) is 38.3 Å². The summed E-state index contributed by atoms with van der Waals surface area (Å²) < 4.78 is 5.24. The summed E-state index contributed by atoms with van der Waals surface area (Å²) in [5.41, 5.74) is 2.65. The number of nitrogens with one attached hydrogen (secondary N) is 2. The summed E-state index contributed by atoms with van der Waals surface area (Å²) in [6, 6.07) is 12.4. The van der Waals surface area contributed by atoms with Crippen molar-refractivity contribution in [3.63, 3.8) is 0 Å². The zero-order valence-electron chi connectivity index (χ0n) is 12.7. The van der Waals surface area contributed by atoms with Gasteiger partial charge in [0.15, 0.2) is 0 Å². The van der Waals surface area contributed by atoms with Gasteiger partial charge in [0.1, 0.15) is 5.76 Å². The van der Waals surface area contributed by atoms with Crippen LogP contribution in [0.25, 0.3) is 0 Å². The molecular formula is C18H22N2O2. The van der Waals surface area contributed by atoms with Crippen LogP contribution < -0.4 is 10.6 Å². The van der Waals surface area contributed by atoms with Gasteiger partial charge in [-0.25, -0.2) is 0 Å². The molecule has 2 aromatic rings. The van der Waals surface area contributed by atoms with Crippen molar-refractivity contribution in [3.05, 3.63) is 59.5 Å². The summed E-state index contributed by atoms with van der Waals surface area (Å²) >= 11 is 0. The average molecular weight is 298 g/mol. The molecule has 1 unspecified atom stereocenters. The molecule has 0 fully saturated rings. The molecule has 0 saturated heterocycles. The van der Waals surface area contributed by atoms with Gasteiger partial charge in [0.25, 0.3) is 0 Å². The Morgan fingerprint density at radius 1 is 1.23 bits per heavy atom. The van der Waals surface area contributed by atoms with Gasteiger partial charge < -0.3 is 15.1 Å². The first-order valence-corrected chi connectivity index (χ1v) is 7.93. The Morgan fingerprint density at radius 3 is 3.00 bits per heavy atom. The number of carbonyl (C=O) groups is 1. The highest BCUT2D eigenvalue weighted by Gasteiger charge is 2.20. The second-order valence-electron chi connectivity index (χ2n) is 5.72. The van der Waals surface area contributed by atoms with Crippen LogP contribution >= 0.6 is 0 Å². The van der Waals surface area contributed by atoms with Gasteiger partial charge in [0.05, 0.1) is 18.8 Å². The predicted octanol–water partition coefficient (Wildman–Crippen LogP) is 2.95. The minimum atomic E-state index is 0.105. The minimum absolute atomic E-state index is 0.105. The summed E-state index contributed by atoms with van der Waals surface area (Å²) in [4.78, 5) is 12.1. The lowest BCUT2D eigenvalue weighted by molar-refractivity contribution is -0.121. The summed E-state index contributed by atoms with van der Waals surface area (Å²) in [5.74, 6) is 0.996. The number of hydrogen-bond donors (Lipinski definition) is 2. The van der Waals surface area contributed by atoms with Crippen LogP contribution in [0.3, 0.4) is 0 Å². The van der Waals surface area contributed by atoms with Crippen molar-refractivity contribution < 1.29 is 9.21 Å².